The minimum absolute atomic E-state index is 0.334. The number of hydrogen-bond acceptors (Lipinski definition) is 2. The molecule has 0 aliphatic rings. The van der Waals surface area contributed by atoms with Crippen LogP contribution in [0.1, 0.15) is 41.6 Å². The van der Waals surface area contributed by atoms with Crippen molar-refractivity contribution in [1.82, 2.24) is 10.3 Å². The normalized spacial score (nSPS) is 12.4. The average Bonchev–Trinajstić information content (AvgIpc) is 2.46. The van der Waals surface area contributed by atoms with Crippen molar-refractivity contribution in [1.29, 1.82) is 0 Å². The van der Waals surface area contributed by atoms with Crippen LogP contribution in [0, 0.1) is 13.8 Å². The van der Waals surface area contributed by atoms with E-state index in [0.717, 1.165) is 23.9 Å². The van der Waals surface area contributed by atoms with Crippen molar-refractivity contribution in [2.45, 2.75) is 39.7 Å². The van der Waals surface area contributed by atoms with Gasteiger partial charge in [-0.25, -0.2) is 0 Å². The highest BCUT2D eigenvalue weighted by atomic mass is 79.9. The first-order valence-electron chi connectivity index (χ1n) is 7.50. The van der Waals surface area contributed by atoms with Gasteiger partial charge < -0.3 is 5.32 Å². The van der Waals surface area contributed by atoms with Crippen LogP contribution in [0.15, 0.2) is 41.1 Å². The van der Waals surface area contributed by atoms with Crippen LogP contribution in [0.2, 0.25) is 0 Å². The lowest BCUT2D eigenvalue weighted by Gasteiger charge is -2.21. The van der Waals surface area contributed by atoms with Crippen molar-refractivity contribution in [2.75, 3.05) is 6.54 Å². The van der Waals surface area contributed by atoms with Gasteiger partial charge in [-0.15, -0.1) is 0 Å². The molecule has 1 aromatic carbocycles. The van der Waals surface area contributed by atoms with Crippen molar-refractivity contribution in [3.8, 4) is 0 Å². The van der Waals surface area contributed by atoms with E-state index in [2.05, 4.69) is 71.3 Å². The Bertz CT molecular complexity index is 596. The predicted molar refractivity (Wildman–Crippen MR) is 92.6 cm³/mol. The molecule has 112 valence electrons. The van der Waals surface area contributed by atoms with Crippen LogP contribution in [0.5, 0.6) is 0 Å². The van der Waals surface area contributed by atoms with Gasteiger partial charge in [0.25, 0.3) is 0 Å². The van der Waals surface area contributed by atoms with E-state index >= 15 is 0 Å². The quantitative estimate of drug-likeness (QED) is 0.816. The summed E-state index contributed by atoms with van der Waals surface area (Å²) in [4.78, 5) is 4.28. The number of rotatable bonds is 6. The van der Waals surface area contributed by atoms with Crippen molar-refractivity contribution >= 4 is 15.9 Å². The highest BCUT2D eigenvalue weighted by Crippen LogP contribution is 2.24. The molecule has 0 saturated carbocycles. The summed E-state index contributed by atoms with van der Waals surface area (Å²) >= 11 is 3.50. The van der Waals surface area contributed by atoms with E-state index in [9.17, 15) is 0 Å². The zero-order valence-electron chi connectivity index (χ0n) is 13.0. The molecule has 2 rings (SSSR count). The van der Waals surface area contributed by atoms with Gasteiger partial charge in [0.1, 0.15) is 0 Å². The number of halogens is 1. The number of aryl methyl sites for hydroxylation is 2. The Labute approximate surface area is 136 Å². The zero-order valence-corrected chi connectivity index (χ0v) is 14.6. The van der Waals surface area contributed by atoms with E-state index in [4.69, 9.17) is 0 Å². The highest BCUT2D eigenvalue weighted by molar-refractivity contribution is 9.10. The van der Waals surface area contributed by atoms with Crippen molar-refractivity contribution < 1.29 is 0 Å². The van der Waals surface area contributed by atoms with E-state index in [1.54, 1.807) is 0 Å². The molecular weight excluding hydrogens is 324 g/mol. The maximum atomic E-state index is 4.28. The number of benzene rings is 1. The Morgan fingerprint density at radius 2 is 2.00 bits per heavy atom. The molecule has 1 aromatic heterocycles. The summed E-state index contributed by atoms with van der Waals surface area (Å²) in [5.41, 5.74) is 5.30. The molecule has 2 nitrogen and oxygen atoms in total. The smallest absolute Gasteiger partial charge is 0.0410 e. The van der Waals surface area contributed by atoms with Gasteiger partial charge in [-0.3, -0.25) is 4.98 Å². The fourth-order valence-corrected chi connectivity index (χ4v) is 2.96. The maximum Gasteiger partial charge on any atom is 0.0410 e. The molecule has 0 fully saturated rings. The zero-order chi connectivity index (χ0) is 15.2. The molecule has 0 amide bonds. The molecule has 1 unspecified atom stereocenters. The summed E-state index contributed by atoms with van der Waals surface area (Å²) in [5, 5.41) is 3.68. The predicted octanol–water partition coefficient (Wildman–Crippen LogP) is 4.74. The number of nitrogens with one attached hydrogen (secondary N) is 1. The molecule has 0 aliphatic heterocycles. The van der Waals surface area contributed by atoms with Gasteiger partial charge in [0.2, 0.25) is 0 Å². The molecular formula is C18H23BrN2. The van der Waals surface area contributed by atoms with Crippen LogP contribution in [-0.2, 0) is 6.42 Å². The molecule has 1 N–H and O–H groups in total. The molecule has 0 bridgehead atoms. The van der Waals surface area contributed by atoms with Crippen molar-refractivity contribution in [2.24, 2.45) is 0 Å². The third-order valence-electron chi connectivity index (χ3n) is 3.65. The van der Waals surface area contributed by atoms with Crippen molar-refractivity contribution in [3.63, 3.8) is 0 Å². The second-order valence-corrected chi connectivity index (χ2v) is 6.50. The third-order valence-corrected chi connectivity index (χ3v) is 4.09. The van der Waals surface area contributed by atoms with Gasteiger partial charge in [0.15, 0.2) is 0 Å². The lowest BCUT2D eigenvalue weighted by Crippen LogP contribution is -2.25. The van der Waals surface area contributed by atoms with E-state index in [-0.39, 0.29) is 0 Å². The number of nitrogens with zero attached hydrogens (tertiary/aromatic N) is 1. The monoisotopic (exact) mass is 346 g/mol. The summed E-state index contributed by atoms with van der Waals surface area (Å²) in [7, 11) is 0. The summed E-state index contributed by atoms with van der Waals surface area (Å²) in [6.45, 7) is 7.57. The Morgan fingerprint density at radius 3 is 2.71 bits per heavy atom. The van der Waals surface area contributed by atoms with Crippen molar-refractivity contribution in [3.05, 3.63) is 63.4 Å². The summed E-state index contributed by atoms with van der Waals surface area (Å²) in [5.74, 6) is 0. The first kappa shape index (κ1) is 16.2. The van der Waals surface area contributed by atoms with Gasteiger partial charge in [0.05, 0.1) is 0 Å². The molecule has 0 saturated heterocycles. The van der Waals surface area contributed by atoms with Gasteiger partial charge in [0, 0.05) is 22.9 Å². The van der Waals surface area contributed by atoms with Crippen LogP contribution in [0.3, 0.4) is 0 Å². The van der Waals surface area contributed by atoms with Gasteiger partial charge in [-0.05, 0) is 71.9 Å². The fourth-order valence-electron chi connectivity index (χ4n) is 2.55. The minimum Gasteiger partial charge on any atom is -0.310 e. The third kappa shape index (κ3) is 4.65. The minimum atomic E-state index is 0.334. The average molecular weight is 347 g/mol. The molecule has 0 spiro atoms. The highest BCUT2D eigenvalue weighted by Gasteiger charge is 2.14. The second-order valence-electron chi connectivity index (χ2n) is 5.58. The Balaban J connectivity index is 2.27. The first-order chi connectivity index (χ1) is 10.1. The molecule has 2 aromatic rings. The lowest BCUT2D eigenvalue weighted by atomic mass is 9.94. The maximum absolute atomic E-state index is 4.28. The van der Waals surface area contributed by atoms with Crippen LogP contribution in [-0.4, -0.2) is 11.5 Å². The topological polar surface area (TPSA) is 24.9 Å². The van der Waals surface area contributed by atoms with Crippen LogP contribution in [0.4, 0.5) is 0 Å². The molecule has 0 aliphatic carbocycles. The van der Waals surface area contributed by atoms with Crippen LogP contribution >= 0.6 is 15.9 Å². The van der Waals surface area contributed by atoms with Gasteiger partial charge >= 0.3 is 0 Å². The van der Waals surface area contributed by atoms with Crippen LogP contribution < -0.4 is 5.32 Å². The molecule has 21 heavy (non-hydrogen) atoms. The SMILES string of the molecule is CCCNC(Cc1cncc(Br)c1)c1cc(C)ccc1C. The molecule has 1 heterocycles. The van der Waals surface area contributed by atoms with Crippen LogP contribution in [0.25, 0.3) is 0 Å². The van der Waals surface area contributed by atoms with E-state index in [1.807, 2.05) is 12.4 Å². The van der Waals surface area contributed by atoms with E-state index < -0.39 is 0 Å². The summed E-state index contributed by atoms with van der Waals surface area (Å²) in [6.07, 6.45) is 5.88. The standard InChI is InChI=1S/C18H23BrN2/c1-4-7-21-18(10-15-9-16(19)12-20-11-15)17-8-13(2)5-6-14(17)3/h5-6,8-9,11-12,18,21H,4,7,10H2,1-3H3. The lowest BCUT2D eigenvalue weighted by molar-refractivity contribution is 0.526. The molecule has 3 heteroatoms. The fraction of sp³-hybridized carbons (Fsp3) is 0.389. The second kappa shape index (κ2) is 7.71. The largest absolute Gasteiger partial charge is 0.310 e. The first-order valence-corrected chi connectivity index (χ1v) is 8.29. The Morgan fingerprint density at radius 1 is 1.19 bits per heavy atom. The molecule has 0 radical (unpaired) electrons. The summed E-state index contributed by atoms with van der Waals surface area (Å²) in [6, 6.07) is 9.18. The summed E-state index contributed by atoms with van der Waals surface area (Å²) < 4.78 is 1.04. The number of aromatic nitrogens is 1. The van der Waals surface area contributed by atoms with E-state index in [0.29, 0.717) is 6.04 Å². The number of hydrogen-bond donors (Lipinski definition) is 1. The Hall–Kier alpha value is -1.19. The van der Waals surface area contributed by atoms with Gasteiger partial charge in [-0.1, -0.05) is 30.7 Å². The Kier molecular flexibility index (Phi) is 5.95. The van der Waals surface area contributed by atoms with Gasteiger partial charge in [-0.2, -0.15) is 0 Å². The number of pyridine rings is 1. The molecule has 1 atom stereocenters. The van der Waals surface area contributed by atoms with E-state index in [1.165, 1.54) is 22.3 Å².